The number of halogens is 3. The Labute approximate surface area is 84.8 Å². The third-order valence-corrected chi connectivity index (χ3v) is 3.54. The van der Waals surface area contributed by atoms with Crippen molar-refractivity contribution in [2.24, 2.45) is 5.92 Å². The highest BCUT2D eigenvalue weighted by Crippen LogP contribution is 2.32. The van der Waals surface area contributed by atoms with E-state index in [0.717, 1.165) is 12.2 Å². The van der Waals surface area contributed by atoms with Crippen molar-refractivity contribution in [1.29, 1.82) is 0 Å². The molecule has 0 heterocycles. The van der Waals surface area contributed by atoms with E-state index in [2.05, 4.69) is 0 Å². The van der Waals surface area contributed by atoms with E-state index in [1.807, 2.05) is 0 Å². The maximum Gasteiger partial charge on any atom is 0.501 e. The molecule has 0 bridgehead atoms. The van der Waals surface area contributed by atoms with Crippen LogP contribution in [0.5, 0.6) is 0 Å². The van der Waals surface area contributed by atoms with Crippen LogP contribution in [-0.2, 0) is 9.84 Å². The van der Waals surface area contributed by atoms with Gasteiger partial charge in [-0.25, -0.2) is 8.42 Å². The predicted molar refractivity (Wildman–Crippen MR) is 47.4 cm³/mol. The van der Waals surface area contributed by atoms with Gasteiger partial charge in [-0.3, -0.25) is 0 Å². The standard InChI is InChI=1S/C8H9F3O3S/c9-8(10,11)15(13,14)7-3-1-6(5-12)2-4-7/h1,3-4,6,12H,2,5H2/t6-/m0/s1. The van der Waals surface area contributed by atoms with Crippen molar-refractivity contribution >= 4 is 9.84 Å². The third kappa shape index (κ3) is 2.40. The van der Waals surface area contributed by atoms with E-state index < -0.39 is 20.3 Å². The average molecular weight is 242 g/mol. The molecule has 1 aliphatic rings. The van der Waals surface area contributed by atoms with E-state index in [9.17, 15) is 21.6 Å². The minimum atomic E-state index is -5.27. The van der Waals surface area contributed by atoms with E-state index in [0.29, 0.717) is 0 Å². The second-order valence-corrected chi connectivity index (χ2v) is 5.03. The Bertz CT molecular complexity index is 392. The molecule has 0 saturated carbocycles. The largest absolute Gasteiger partial charge is 0.501 e. The fraction of sp³-hybridized carbons (Fsp3) is 0.500. The monoisotopic (exact) mass is 242 g/mol. The van der Waals surface area contributed by atoms with Crippen molar-refractivity contribution in [3.8, 4) is 0 Å². The van der Waals surface area contributed by atoms with Gasteiger partial charge in [-0.05, 0) is 12.5 Å². The Morgan fingerprint density at radius 3 is 2.40 bits per heavy atom. The van der Waals surface area contributed by atoms with Crippen LogP contribution < -0.4 is 0 Å². The molecular formula is C8H9F3O3S. The molecule has 1 aliphatic carbocycles. The Kier molecular flexibility index (Phi) is 3.25. The maximum absolute atomic E-state index is 12.1. The molecule has 0 spiro atoms. The zero-order valence-electron chi connectivity index (χ0n) is 7.53. The normalized spacial score (nSPS) is 22.7. The van der Waals surface area contributed by atoms with E-state index in [-0.39, 0.29) is 18.9 Å². The van der Waals surface area contributed by atoms with Crippen LogP contribution in [0.3, 0.4) is 0 Å². The highest BCUT2D eigenvalue weighted by atomic mass is 32.2. The first-order valence-corrected chi connectivity index (χ1v) is 5.58. The van der Waals surface area contributed by atoms with Crippen molar-refractivity contribution < 1.29 is 26.7 Å². The minimum Gasteiger partial charge on any atom is -0.396 e. The number of alkyl halides is 3. The molecule has 3 nitrogen and oxygen atoms in total. The van der Waals surface area contributed by atoms with Gasteiger partial charge in [0.25, 0.3) is 9.84 Å². The van der Waals surface area contributed by atoms with Crippen molar-refractivity contribution in [2.75, 3.05) is 6.61 Å². The molecule has 0 fully saturated rings. The summed E-state index contributed by atoms with van der Waals surface area (Å²) in [5.74, 6) is -0.308. The van der Waals surface area contributed by atoms with Gasteiger partial charge in [-0.2, -0.15) is 13.2 Å². The number of hydrogen-bond acceptors (Lipinski definition) is 3. The first-order valence-electron chi connectivity index (χ1n) is 4.09. The van der Waals surface area contributed by atoms with Gasteiger partial charge in [0.05, 0.1) is 4.91 Å². The molecule has 1 atom stereocenters. The Morgan fingerprint density at radius 1 is 1.47 bits per heavy atom. The van der Waals surface area contributed by atoms with Crippen molar-refractivity contribution in [3.63, 3.8) is 0 Å². The summed E-state index contributed by atoms with van der Waals surface area (Å²) in [5, 5.41) is 8.69. The lowest BCUT2D eigenvalue weighted by atomic mass is 10.0. The number of aliphatic hydroxyl groups is 1. The highest BCUT2D eigenvalue weighted by Gasteiger charge is 2.47. The molecule has 1 rings (SSSR count). The number of sulfone groups is 1. The molecule has 0 aliphatic heterocycles. The summed E-state index contributed by atoms with van der Waals surface area (Å²) in [7, 11) is -5.24. The van der Waals surface area contributed by atoms with Crippen LogP contribution in [0.15, 0.2) is 23.1 Å². The van der Waals surface area contributed by atoms with Crippen molar-refractivity contribution in [2.45, 2.75) is 11.9 Å². The molecule has 1 N–H and O–H groups in total. The predicted octanol–water partition coefficient (Wildman–Crippen LogP) is 1.37. The van der Waals surface area contributed by atoms with Crippen LogP contribution in [0.1, 0.15) is 6.42 Å². The van der Waals surface area contributed by atoms with Gasteiger partial charge in [0.1, 0.15) is 0 Å². The maximum atomic E-state index is 12.1. The Morgan fingerprint density at radius 2 is 2.07 bits per heavy atom. The second kappa shape index (κ2) is 3.97. The Hall–Kier alpha value is -0.820. The fourth-order valence-corrected chi connectivity index (χ4v) is 1.95. The van der Waals surface area contributed by atoms with Crippen LogP contribution >= 0.6 is 0 Å². The lowest BCUT2D eigenvalue weighted by Gasteiger charge is -2.15. The lowest BCUT2D eigenvalue weighted by Crippen LogP contribution is -2.25. The molecule has 86 valence electrons. The fourth-order valence-electron chi connectivity index (χ4n) is 1.11. The minimum absolute atomic E-state index is 0.0949. The first-order chi connectivity index (χ1) is 6.79. The lowest BCUT2D eigenvalue weighted by molar-refractivity contribution is -0.0426. The summed E-state index contributed by atoms with van der Waals surface area (Å²) in [6.45, 7) is -0.216. The zero-order valence-corrected chi connectivity index (χ0v) is 8.35. The summed E-state index contributed by atoms with van der Waals surface area (Å²) in [5.41, 5.74) is -5.27. The van der Waals surface area contributed by atoms with Gasteiger partial charge in [-0.1, -0.05) is 12.2 Å². The van der Waals surface area contributed by atoms with Gasteiger partial charge < -0.3 is 5.11 Å². The first kappa shape index (κ1) is 12.3. The van der Waals surface area contributed by atoms with E-state index >= 15 is 0 Å². The van der Waals surface area contributed by atoms with Crippen LogP contribution in [0.2, 0.25) is 0 Å². The van der Waals surface area contributed by atoms with E-state index in [4.69, 9.17) is 5.11 Å². The van der Waals surface area contributed by atoms with Gasteiger partial charge in [0.2, 0.25) is 0 Å². The summed E-state index contributed by atoms with van der Waals surface area (Å²) in [6, 6.07) is 0. The van der Waals surface area contributed by atoms with E-state index in [1.165, 1.54) is 6.08 Å². The molecule has 15 heavy (non-hydrogen) atoms. The molecule has 0 aromatic rings. The highest BCUT2D eigenvalue weighted by molar-refractivity contribution is 7.96. The number of rotatable bonds is 2. The van der Waals surface area contributed by atoms with Crippen LogP contribution in [-0.4, -0.2) is 25.6 Å². The third-order valence-electron chi connectivity index (χ3n) is 2.00. The second-order valence-electron chi connectivity index (χ2n) is 3.09. The molecule has 0 saturated heterocycles. The van der Waals surface area contributed by atoms with Crippen LogP contribution in [0, 0.1) is 5.92 Å². The molecule has 0 radical (unpaired) electrons. The summed E-state index contributed by atoms with van der Waals surface area (Å²) in [4.78, 5) is -0.750. The van der Waals surface area contributed by atoms with Crippen LogP contribution in [0.4, 0.5) is 13.2 Å². The SMILES string of the molecule is O=S(=O)(C1=CC[C@@H](CO)C=C1)C(F)(F)F. The molecule has 0 aromatic heterocycles. The number of allylic oxidation sites excluding steroid dienone is 2. The molecular weight excluding hydrogens is 233 g/mol. The topological polar surface area (TPSA) is 54.4 Å². The summed E-state index contributed by atoms with van der Waals surface area (Å²) >= 11 is 0. The molecule has 0 unspecified atom stereocenters. The van der Waals surface area contributed by atoms with Gasteiger partial charge >= 0.3 is 5.51 Å². The molecule has 7 heteroatoms. The summed E-state index contributed by atoms with van der Waals surface area (Å²) < 4.78 is 58.0. The smallest absolute Gasteiger partial charge is 0.396 e. The zero-order chi connectivity index (χ0) is 11.7. The number of hydrogen-bond donors (Lipinski definition) is 1. The quantitative estimate of drug-likeness (QED) is 0.795. The van der Waals surface area contributed by atoms with Crippen LogP contribution in [0.25, 0.3) is 0 Å². The van der Waals surface area contributed by atoms with Crippen molar-refractivity contribution in [3.05, 3.63) is 23.1 Å². The Balaban J connectivity index is 2.95. The summed E-state index contributed by atoms with van der Waals surface area (Å²) in [6.07, 6.45) is 3.22. The van der Waals surface area contributed by atoms with Gasteiger partial charge in [0.15, 0.2) is 0 Å². The number of aliphatic hydroxyl groups excluding tert-OH is 1. The van der Waals surface area contributed by atoms with Crippen molar-refractivity contribution in [1.82, 2.24) is 0 Å². The molecule has 0 aromatic carbocycles. The van der Waals surface area contributed by atoms with E-state index in [1.54, 1.807) is 0 Å². The molecule has 0 amide bonds. The van der Waals surface area contributed by atoms with Gasteiger partial charge in [-0.15, -0.1) is 0 Å². The van der Waals surface area contributed by atoms with Gasteiger partial charge in [0, 0.05) is 12.5 Å². The average Bonchev–Trinajstić information content (AvgIpc) is 2.16.